The van der Waals surface area contributed by atoms with Gasteiger partial charge in [-0.3, -0.25) is 9.69 Å². The highest BCUT2D eigenvalue weighted by Gasteiger charge is 2.19. The van der Waals surface area contributed by atoms with Crippen LogP contribution in [0.2, 0.25) is 0 Å². The van der Waals surface area contributed by atoms with Gasteiger partial charge >= 0.3 is 0 Å². The first-order chi connectivity index (χ1) is 15.1. The molecule has 0 unspecified atom stereocenters. The van der Waals surface area contributed by atoms with Crippen LogP contribution in [-0.4, -0.2) is 59.8 Å². The van der Waals surface area contributed by atoms with Crippen LogP contribution in [0.15, 0.2) is 66.7 Å². The van der Waals surface area contributed by atoms with Crippen LogP contribution in [0.25, 0.3) is 11.3 Å². The number of piperazine rings is 1. The topological polar surface area (TPSA) is 62.5 Å². The molecular weight excluding hydrogens is 391 g/mol. The summed E-state index contributed by atoms with van der Waals surface area (Å²) in [6.07, 6.45) is 0.652. The van der Waals surface area contributed by atoms with Gasteiger partial charge in [0.05, 0.1) is 12.2 Å². The van der Waals surface area contributed by atoms with Crippen LogP contribution in [0.5, 0.6) is 0 Å². The summed E-state index contributed by atoms with van der Waals surface area (Å²) in [6.45, 7) is 4.71. The molecule has 0 radical (unpaired) electrons. The number of rotatable bonds is 7. The largest absolute Gasteiger partial charge is 0.384 e. The molecular formula is C25H27FN4O. The van der Waals surface area contributed by atoms with E-state index < -0.39 is 0 Å². The predicted octanol–water partition coefficient (Wildman–Crippen LogP) is 3.51. The monoisotopic (exact) mass is 418 g/mol. The minimum atomic E-state index is -0.214. The molecule has 6 heteroatoms. The second-order valence-corrected chi connectivity index (χ2v) is 7.91. The number of carbonyl (C=O) groups excluding carboxylic acids is 1. The Morgan fingerprint density at radius 3 is 2.39 bits per heavy atom. The van der Waals surface area contributed by atoms with Crippen LogP contribution in [0.4, 0.5) is 10.2 Å². The number of nitrogens with zero attached hydrogens (tertiary/aromatic N) is 3. The first-order valence-corrected chi connectivity index (χ1v) is 10.6. The fraction of sp³-hybridized carbons (Fsp3) is 0.280. The van der Waals surface area contributed by atoms with Crippen LogP contribution in [0, 0.1) is 5.82 Å². The van der Waals surface area contributed by atoms with E-state index in [9.17, 15) is 9.18 Å². The number of nitrogen functional groups attached to an aromatic ring is 1. The molecule has 0 amide bonds. The van der Waals surface area contributed by atoms with E-state index in [1.807, 2.05) is 54.6 Å². The minimum absolute atomic E-state index is 0.158. The first-order valence-electron chi connectivity index (χ1n) is 10.6. The van der Waals surface area contributed by atoms with Gasteiger partial charge in [0.25, 0.3) is 0 Å². The molecule has 4 rings (SSSR count). The quantitative estimate of drug-likeness (QED) is 0.595. The van der Waals surface area contributed by atoms with Gasteiger partial charge in [-0.1, -0.05) is 48.5 Å². The number of benzene rings is 2. The number of pyridine rings is 1. The van der Waals surface area contributed by atoms with Gasteiger partial charge < -0.3 is 10.6 Å². The van der Waals surface area contributed by atoms with Crippen LogP contribution < -0.4 is 5.73 Å². The Balaban J connectivity index is 1.26. The van der Waals surface area contributed by atoms with Crippen molar-refractivity contribution in [3.05, 3.63) is 83.7 Å². The summed E-state index contributed by atoms with van der Waals surface area (Å²) in [5, 5.41) is 0. The van der Waals surface area contributed by atoms with Crippen molar-refractivity contribution in [2.24, 2.45) is 0 Å². The Morgan fingerprint density at radius 2 is 1.68 bits per heavy atom. The summed E-state index contributed by atoms with van der Waals surface area (Å²) in [5.74, 6) is 0.367. The number of ketones is 1. The van der Waals surface area contributed by atoms with Crippen molar-refractivity contribution in [1.82, 2.24) is 14.8 Å². The maximum absolute atomic E-state index is 14.6. The second-order valence-electron chi connectivity index (χ2n) is 7.91. The highest BCUT2D eigenvalue weighted by atomic mass is 19.1. The summed E-state index contributed by atoms with van der Waals surface area (Å²) in [6, 6.07) is 20.0. The third-order valence-corrected chi connectivity index (χ3v) is 5.74. The molecule has 5 nitrogen and oxygen atoms in total. The summed E-state index contributed by atoms with van der Waals surface area (Å²) in [7, 11) is 0. The average Bonchev–Trinajstić information content (AvgIpc) is 2.80. The van der Waals surface area contributed by atoms with E-state index in [4.69, 9.17) is 5.73 Å². The van der Waals surface area contributed by atoms with Crippen molar-refractivity contribution >= 4 is 11.6 Å². The number of carbonyl (C=O) groups is 1. The maximum Gasteiger partial charge on any atom is 0.176 e. The molecule has 2 N–H and O–H groups in total. The van der Waals surface area contributed by atoms with E-state index in [0.717, 1.165) is 43.9 Å². The molecule has 0 atom stereocenters. The summed E-state index contributed by atoms with van der Waals surface area (Å²) < 4.78 is 14.6. The molecule has 0 bridgehead atoms. The van der Waals surface area contributed by atoms with E-state index in [1.165, 1.54) is 6.07 Å². The van der Waals surface area contributed by atoms with Crippen LogP contribution >= 0.6 is 0 Å². The Bertz CT molecular complexity index is 1030. The number of aromatic nitrogens is 1. The summed E-state index contributed by atoms with van der Waals surface area (Å²) in [5.41, 5.74) is 8.59. The number of hydrogen-bond donors (Lipinski definition) is 1. The smallest absolute Gasteiger partial charge is 0.176 e. The lowest BCUT2D eigenvalue weighted by molar-refractivity contribution is 0.0854. The molecule has 2 aromatic carbocycles. The minimum Gasteiger partial charge on any atom is -0.384 e. The first kappa shape index (κ1) is 21.2. The standard InChI is InChI=1S/C25H27FN4O/c26-22-17-21(23-7-4-8-25(27)28-23)10-9-19(22)11-12-29-13-15-30(16-14-29)18-24(31)20-5-2-1-3-6-20/h1-10,17H,11-16,18H2,(H2,27,28). The van der Waals surface area contributed by atoms with Gasteiger partial charge in [0.15, 0.2) is 5.78 Å². The Kier molecular flexibility index (Phi) is 6.70. The highest BCUT2D eigenvalue weighted by molar-refractivity contribution is 5.97. The van der Waals surface area contributed by atoms with Gasteiger partial charge in [-0.2, -0.15) is 0 Å². The van der Waals surface area contributed by atoms with Crippen LogP contribution in [0.1, 0.15) is 15.9 Å². The SMILES string of the molecule is Nc1cccc(-c2ccc(CCN3CCN(CC(=O)c4ccccc4)CC3)c(F)c2)n1. The Hall–Kier alpha value is -3.09. The van der Waals surface area contributed by atoms with E-state index in [0.29, 0.717) is 30.0 Å². The van der Waals surface area contributed by atoms with Crippen LogP contribution in [-0.2, 0) is 6.42 Å². The summed E-state index contributed by atoms with van der Waals surface area (Å²) in [4.78, 5) is 21.2. The molecule has 0 saturated carbocycles. The highest BCUT2D eigenvalue weighted by Crippen LogP contribution is 2.21. The lowest BCUT2D eigenvalue weighted by Crippen LogP contribution is -2.48. The van der Waals surface area contributed by atoms with Gasteiger partial charge in [0, 0.05) is 43.9 Å². The van der Waals surface area contributed by atoms with Crippen LogP contribution in [0.3, 0.4) is 0 Å². The maximum atomic E-state index is 14.6. The molecule has 1 aliphatic heterocycles. The third-order valence-electron chi connectivity index (χ3n) is 5.74. The molecule has 31 heavy (non-hydrogen) atoms. The van der Waals surface area contributed by atoms with Gasteiger partial charge in [-0.25, -0.2) is 9.37 Å². The molecule has 3 aromatic rings. The fourth-order valence-electron chi connectivity index (χ4n) is 3.89. The van der Waals surface area contributed by atoms with E-state index >= 15 is 0 Å². The van der Waals surface area contributed by atoms with Crippen molar-refractivity contribution in [1.29, 1.82) is 0 Å². The summed E-state index contributed by atoms with van der Waals surface area (Å²) >= 11 is 0. The second kappa shape index (κ2) is 9.81. The lowest BCUT2D eigenvalue weighted by Gasteiger charge is -2.34. The molecule has 2 heterocycles. The number of nitrogens with two attached hydrogens (primary N) is 1. The van der Waals surface area contributed by atoms with Crippen molar-refractivity contribution in [3.8, 4) is 11.3 Å². The predicted molar refractivity (Wildman–Crippen MR) is 121 cm³/mol. The lowest BCUT2D eigenvalue weighted by atomic mass is 10.1. The van der Waals surface area contributed by atoms with Gasteiger partial charge in [-0.15, -0.1) is 0 Å². The van der Waals surface area contributed by atoms with Gasteiger partial charge in [0.1, 0.15) is 11.6 Å². The van der Waals surface area contributed by atoms with Crippen molar-refractivity contribution in [2.45, 2.75) is 6.42 Å². The van der Waals surface area contributed by atoms with Crippen molar-refractivity contribution in [2.75, 3.05) is 45.0 Å². The van der Waals surface area contributed by atoms with Gasteiger partial charge in [-0.05, 0) is 30.2 Å². The normalized spacial score (nSPS) is 15.1. The third kappa shape index (κ3) is 5.54. The van der Waals surface area contributed by atoms with Crippen molar-refractivity contribution in [3.63, 3.8) is 0 Å². The zero-order chi connectivity index (χ0) is 21.6. The van der Waals surface area contributed by atoms with Crippen molar-refractivity contribution < 1.29 is 9.18 Å². The molecule has 160 valence electrons. The average molecular weight is 419 g/mol. The zero-order valence-electron chi connectivity index (χ0n) is 17.5. The van der Waals surface area contributed by atoms with Gasteiger partial charge in [0.2, 0.25) is 0 Å². The molecule has 1 fully saturated rings. The number of hydrogen-bond acceptors (Lipinski definition) is 5. The van der Waals surface area contributed by atoms with E-state index in [-0.39, 0.29) is 11.6 Å². The number of halogens is 1. The molecule has 0 spiro atoms. The fourth-order valence-corrected chi connectivity index (χ4v) is 3.89. The van der Waals surface area contributed by atoms with E-state index in [2.05, 4.69) is 14.8 Å². The number of Topliss-reactive ketones (excluding diaryl/α,β-unsaturated/α-hetero) is 1. The molecule has 1 aromatic heterocycles. The zero-order valence-corrected chi connectivity index (χ0v) is 17.5. The number of anilines is 1. The Morgan fingerprint density at radius 1 is 0.935 bits per heavy atom. The van der Waals surface area contributed by atoms with E-state index in [1.54, 1.807) is 6.07 Å². The Labute approximate surface area is 182 Å². The molecule has 1 saturated heterocycles. The molecule has 1 aliphatic rings. The molecule has 0 aliphatic carbocycles.